The second-order valence-corrected chi connectivity index (χ2v) is 6.41. The third-order valence-corrected chi connectivity index (χ3v) is 4.86. The molecule has 0 N–H and O–H groups in total. The maximum atomic E-state index is 6.68. The molecule has 0 spiro atoms. The van der Waals surface area contributed by atoms with E-state index in [4.69, 9.17) is 23.2 Å². The Morgan fingerprint density at radius 1 is 0.682 bits per heavy atom. The molecule has 0 aliphatic heterocycles. The van der Waals surface area contributed by atoms with Crippen molar-refractivity contribution in [2.45, 2.75) is 36.7 Å². The van der Waals surface area contributed by atoms with Gasteiger partial charge in [-0.2, -0.15) is 10.2 Å². The van der Waals surface area contributed by atoms with Crippen molar-refractivity contribution in [3.63, 3.8) is 0 Å². The summed E-state index contributed by atoms with van der Waals surface area (Å²) in [6.07, 6.45) is 1.26. The Labute approximate surface area is 142 Å². The zero-order valence-electron chi connectivity index (χ0n) is 12.8. The van der Waals surface area contributed by atoms with Crippen LogP contribution in [0.4, 0.5) is 0 Å². The Kier molecular flexibility index (Phi) is 5.60. The second kappa shape index (κ2) is 7.26. The Hall–Kier alpha value is -1.38. The van der Waals surface area contributed by atoms with Crippen molar-refractivity contribution in [2.24, 2.45) is 10.2 Å². The number of alkyl halides is 2. The SMILES string of the molecule is CCC(Cl)(N=NC(Cl)(CC)c1ccccc1)c1ccccc1. The van der Waals surface area contributed by atoms with Gasteiger partial charge < -0.3 is 0 Å². The van der Waals surface area contributed by atoms with Crippen molar-refractivity contribution in [2.75, 3.05) is 0 Å². The first kappa shape index (κ1) is 17.0. The molecule has 0 amide bonds. The molecule has 0 aliphatic rings. The predicted octanol–water partition coefficient (Wildman–Crippen LogP) is 6.44. The van der Waals surface area contributed by atoms with Gasteiger partial charge in [0, 0.05) is 0 Å². The van der Waals surface area contributed by atoms with Gasteiger partial charge in [-0.1, -0.05) is 97.7 Å². The number of hydrogen-bond acceptors (Lipinski definition) is 2. The lowest BCUT2D eigenvalue weighted by atomic mass is 10.0. The van der Waals surface area contributed by atoms with E-state index in [1.807, 2.05) is 74.5 Å². The number of azo groups is 1. The van der Waals surface area contributed by atoms with E-state index < -0.39 is 10.00 Å². The smallest absolute Gasteiger partial charge is 0.164 e. The minimum absolute atomic E-state index is 0.632. The molecular weight excluding hydrogens is 315 g/mol. The van der Waals surface area contributed by atoms with Gasteiger partial charge in [-0.25, -0.2) is 0 Å². The van der Waals surface area contributed by atoms with Crippen molar-refractivity contribution in [3.05, 3.63) is 71.8 Å². The summed E-state index contributed by atoms with van der Waals surface area (Å²) in [5.41, 5.74) is 1.84. The molecule has 2 aromatic carbocycles. The normalized spacial score (nSPS) is 17.1. The van der Waals surface area contributed by atoms with Crippen molar-refractivity contribution < 1.29 is 0 Å². The first-order valence-electron chi connectivity index (χ1n) is 7.47. The third-order valence-electron chi connectivity index (χ3n) is 3.74. The first-order chi connectivity index (χ1) is 10.5. The average molecular weight is 335 g/mol. The molecule has 0 radical (unpaired) electrons. The topological polar surface area (TPSA) is 24.7 Å². The van der Waals surface area contributed by atoms with Crippen LogP contribution in [0.2, 0.25) is 0 Å². The number of benzene rings is 2. The van der Waals surface area contributed by atoms with Crippen molar-refractivity contribution in [1.82, 2.24) is 0 Å². The lowest BCUT2D eigenvalue weighted by Gasteiger charge is -2.24. The minimum Gasteiger partial charge on any atom is -0.164 e. The summed E-state index contributed by atoms with van der Waals surface area (Å²) >= 11 is 13.4. The van der Waals surface area contributed by atoms with Crippen LogP contribution in [0.1, 0.15) is 37.8 Å². The highest BCUT2D eigenvalue weighted by molar-refractivity contribution is 6.24. The Balaban J connectivity index is 2.35. The molecule has 0 saturated heterocycles. The number of hydrogen-bond donors (Lipinski definition) is 0. The standard InChI is InChI=1S/C18H20Cl2N2/c1-3-17(19,15-11-7-5-8-12-15)21-22-18(20,4-2)16-13-9-6-10-14-16/h5-14H,3-4H2,1-2H3. The molecule has 22 heavy (non-hydrogen) atoms. The molecule has 0 bridgehead atoms. The quantitative estimate of drug-likeness (QED) is 0.329. The summed E-state index contributed by atoms with van der Waals surface area (Å²) < 4.78 is 0. The maximum Gasteiger partial charge on any atom is 0.179 e. The van der Waals surface area contributed by atoms with E-state index >= 15 is 0 Å². The molecule has 4 heteroatoms. The van der Waals surface area contributed by atoms with E-state index in [1.54, 1.807) is 0 Å². The maximum absolute atomic E-state index is 6.68. The van der Waals surface area contributed by atoms with E-state index in [0.29, 0.717) is 12.8 Å². The monoisotopic (exact) mass is 334 g/mol. The molecule has 116 valence electrons. The molecule has 2 atom stereocenters. The first-order valence-corrected chi connectivity index (χ1v) is 8.22. The van der Waals surface area contributed by atoms with Crippen molar-refractivity contribution in [3.8, 4) is 0 Å². The van der Waals surface area contributed by atoms with Crippen LogP contribution in [0, 0.1) is 0 Å². The van der Waals surface area contributed by atoms with Gasteiger partial charge >= 0.3 is 0 Å². The Morgan fingerprint density at radius 3 is 1.27 bits per heavy atom. The summed E-state index contributed by atoms with van der Waals surface area (Å²) in [5.74, 6) is 0. The number of nitrogens with zero attached hydrogens (tertiary/aromatic N) is 2. The molecule has 0 fully saturated rings. The fourth-order valence-corrected chi connectivity index (χ4v) is 2.54. The zero-order chi connectivity index (χ0) is 16.1. The lowest BCUT2D eigenvalue weighted by Crippen LogP contribution is -2.18. The van der Waals surface area contributed by atoms with E-state index in [0.717, 1.165) is 11.1 Å². The van der Waals surface area contributed by atoms with Crippen molar-refractivity contribution in [1.29, 1.82) is 0 Å². The summed E-state index contributed by atoms with van der Waals surface area (Å²) in [5, 5.41) is 8.84. The molecule has 2 unspecified atom stereocenters. The van der Waals surface area contributed by atoms with Gasteiger partial charge in [-0.15, -0.1) is 0 Å². The molecule has 2 nitrogen and oxygen atoms in total. The fraction of sp³-hybridized carbons (Fsp3) is 0.333. The summed E-state index contributed by atoms with van der Waals surface area (Å²) in [6.45, 7) is 3.98. The summed E-state index contributed by atoms with van der Waals surface area (Å²) in [4.78, 5) is -1.77. The summed E-state index contributed by atoms with van der Waals surface area (Å²) in [7, 11) is 0. The molecule has 2 rings (SSSR count). The van der Waals surface area contributed by atoms with E-state index in [9.17, 15) is 0 Å². The van der Waals surface area contributed by atoms with Crippen molar-refractivity contribution >= 4 is 23.2 Å². The van der Waals surface area contributed by atoms with Crippen LogP contribution in [0.5, 0.6) is 0 Å². The molecule has 0 saturated carbocycles. The van der Waals surface area contributed by atoms with Gasteiger partial charge in [0.2, 0.25) is 0 Å². The summed E-state index contributed by atoms with van der Waals surface area (Å²) in [6, 6.07) is 19.5. The van der Waals surface area contributed by atoms with Gasteiger partial charge in [-0.3, -0.25) is 0 Å². The van der Waals surface area contributed by atoms with Gasteiger partial charge in [0.1, 0.15) is 0 Å². The highest BCUT2D eigenvalue weighted by Crippen LogP contribution is 2.40. The van der Waals surface area contributed by atoms with E-state index in [2.05, 4.69) is 10.2 Å². The molecule has 0 aromatic heterocycles. The number of rotatable bonds is 6. The van der Waals surface area contributed by atoms with E-state index in [1.165, 1.54) is 0 Å². The van der Waals surface area contributed by atoms with Gasteiger partial charge in [0.25, 0.3) is 0 Å². The van der Waals surface area contributed by atoms with Crippen LogP contribution in [-0.4, -0.2) is 0 Å². The van der Waals surface area contributed by atoms with Gasteiger partial charge in [0.15, 0.2) is 10.00 Å². The highest BCUT2D eigenvalue weighted by Gasteiger charge is 2.32. The average Bonchev–Trinajstić information content (AvgIpc) is 2.61. The fourth-order valence-electron chi connectivity index (χ4n) is 2.21. The van der Waals surface area contributed by atoms with Gasteiger partial charge in [-0.05, 0) is 24.0 Å². The van der Waals surface area contributed by atoms with Crippen LogP contribution in [-0.2, 0) is 10.00 Å². The predicted molar refractivity (Wildman–Crippen MR) is 93.4 cm³/mol. The largest absolute Gasteiger partial charge is 0.179 e. The van der Waals surface area contributed by atoms with Crippen LogP contribution < -0.4 is 0 Å². The highest BCUT2D eigenvalue weighted by atomic mass is 35.5. The van der Waals surface area contributed by atoms with Crippen LogP contribution in [0.3, 0.4) is 0 Å². The zero-order valence-corrected chi connectivity index (χ0v) is 14.3. The minimum atomic E-state index is -0.884. The molecule has 0 aliphatic carbocycles. The molecule has 2 aromatic rings. The lowest BCUT2D eigenvalue weighted by molar-refractivity contribution is 0.503. The molecule has 0 heterocycles. The Morgan fingerprint density at radius 2 is 1.00 bits per heavy atom. The van der Waals surface area contributed by atoms with Gasteiger partial charge in [0.05, 0.1) is 0 Å². The van der Waals surface area contributed by atoms with Crippen LogP contribution in [0.25, 0.3) is 0 Å². The van der Waals surface area contributed by atoms with E-state index in [-0.39, 0.29) is 0 Å². The number of halogens is 2. The Bertz CT molecular complexity index is 560. The van der Waals surface area contributed by atoms with Crippen LogP contribution >= 0.6 is 23.2 Å². The second-order valence-electron chi connectivity index (χ2n) is 5.16. The molecular formula is C18H20Cl2N2. The van der Waals surface area contributed by atoms with Crippen LogP contribution in [0.15, 0.2) is 70.9 Å². The third kappa shape index (κ3) is 3.68.